The Kier molecular flexibility index (Phi) is 3.03. The van der Waals surface area contributed by atoms with Crippen molar-refractivity contribution in [3.8, 4) is 11.6 Å². The fourth-order valence-electron chi connectivity index (χ4n) is 2.45. The first-order valence-corrected chi connectivity index (χ1v) is 6.58. The molecular formula is C12H10Cl2N2O3. The van der Waals surface area contributed by atoms with Crippen LogP contribution in [-0.2, 0) is 11.3 Å². The van der Waals surface area contributed by atoms with E-state index >= 15 is 0 Å². The second-order valence-electron chi connectivity index (χ2n) is 4.40. The van der Waals surface area contributed by atoms with E-state index in [0.29, 0.717) is 30.2 Å². The number of furan rings is 1. The molecule has 0 aliphatic carbocycles. The van der Waals surface area contributed by atoms with Crippen LogP contribution in [0.3, 0.4) is 0 Å². The molecule has 2 aromatic heterocycles. The van der Waals surface area contributed by atoms with E-state index in [2.05, 4.69) is 4.98 Å². The number of aromatic nitrogens is 2. The molecule has 0 fully saturated rings. The van der Waals surface area contributed by atoms with Crippen molar-refractivity contribution in [3.63, 3.8) is 0 Å². The third-order valence-electron chi connectivity index (χ3n) is 3.26. The van der Waals surface area contributed by atoms with E-state index in [9.17, 15) is 9.90 Å². The number of hydrogen-bond acceptors (Lipinski definition) is 3. The minimum Gasteiger partial charge on any atom is -0.481 e. The van der Waals surface area contributed by atoms with Gasteiger partial charge in [0.25, 0.3) is 0 Å². The van der Waals surface area contributed by atoms with E-state index in [1.165, 1.54) is 0 Å². The van der Waals surface area contributed by atoms with Crippen molar-refractivity contribution in [1.82, 2.24) is 9.55 Å². The summed E-state index contributed by atoms with van der Waals surface area (Å²) in [5.41, 5.74) is 0.544. The van der Waals surface area contributed by atoms with Crippen LogP contribution in [0.4, 0.5) is 0 Å². The molecule has 0 bridgehead atoms. The van der Waals surface area contributed by atoms with Gasteiger partial charge in [-0.3, -0.25) is 4.79 Å². The predicted octanol–water partition coefficient (Wildman–Crippen LogP) is 3.41. The maximum atomic E-state index is 11.3. The standard InChI is InChI=1S/C12H10Cl2N2O3/c13-8-4-3-7(19-8)11-15-10(14)9-6(12(17)18)2-1-5-16(9)11/h3-4,6H,1-2,5H2,(H,17,18). The SMILES string of the molecule is O=C(O)C1CCCn2c(-c3ccc(Cl)o3)nc(Cl)c21. The first-order valence-electron chi connectivity index (χ1n) is 5.82. The van der Waals surface area contributed by atoms with Gasteiger partial charge < -0.3 is 14.1 Å². The Morgan fingerprint density at radius 2 is 2.26 bits per heavy atom. The number of carboxylic acids is 1. The zero-order valence-electron chi connectivity index (χ0n) is 9.77. The Balaban J connectivity index is 2.15. The van der Waals surface area contributed by atoms with Crippen LogP contribution in [0, 0.1) is 0 Å². The van der Waals surface area contributed by atoms with Gasteiger partial charge in [-0.1, -0.05) is 11.6 Å². The topological polar surface area (TPSA) is 68.3 Å². The quantitative estimate of drug-likeness (QED) is 0.923. The summed E-state index contributed by atoms with van der Waals surface area (Å²) in [4.78, 5) is 15.5. The number of fused-ring (bicyclic) bond motifs is 1. The summed E-state index contributed by atoms with van der Waals surface area (Å²) in [5, 5.41) is 9.72. The fraction of sp³-hybridized carbons (Fsp3) is 0.333. The first-order chi connectivity index (χ1) is 9.08. The Hall–Kier alpha value is -1.46. The summed E-state index contributed by atoms with van der Waals surface area (Å²) in [5.74, 6) is -0.484. The van der Waals surface area contributed by atoms with Crippen LogP contribution in [0.2, 0.25) is 10.4 Å². The maximum absolute atomic E-state index is 11.3. The highest BCUT2D eigenvalue weighted by atomic mass is 35.5. The number of nitrogens with zero attached hydrogens (tertiary/aromatic N) is 2. The molecule has 0 spiro atoms. The molecule has 0 aromatic carbocycles. The number of carboxylic acid groups (broad SMARTS) is 1. The lowest BCUT2D eigenvalue weighted by Gasteiger charge is -2.22. The Morgan fingerprint density at radius 3 is 2.89 bits per heavy atom. The molecule has 1 aliphatic heterocycles. The molecule has 3 heterocycles. The van der Waals surface area contributed by atoms with Gasteiger partial charge in [0.05, 0.1) is 5.69 Å². The molecule has 3 rings (SSSR count). The first kappa shape index (κ1) is 12.6. The van der Waals surface area contributed by atoms with E-state index < -0.39 is 11.9 Å². The molecule has 7 heteroatoms. The van der Waals surface area contributed by atoms with Crippen LogP contribution in [0.15, 0.2) is 16.5 Å². The molecular weight excluding hydrogens is 291 g/mol. The van der Waals surface area contributed by atoms with E-state index in [4.69, 9.17) is 27.6 Å². The van der Waals surface area contributed by atoms with Crippen LogP contribution in [0.25, 0.3) is 11.6 Å². The van der Waals surface area contributed by atoms with Gasteiger partial charge in [-0.05, 0) is 36.6 Å². The number of rotatable bonds is 2. The van der Waals surface area contributed by atoms with Gasteiger partial charge >= 0.3 is 5.97 Å². The third-order valence-corrected chi connectivity index (χ3v) is 3.74. The molecule has 0 saturated heterocycles. The van der Waals surface area contributed by atoms with Crippen LogP contribution in [-0.4, -0.2) is 20.6 Å². The summed E-state index contributed by atoms with van der Waals surface area (Å²) in [7, 11) is 0. The number of halogens is 2. The van der Waals surface area contributed by atoms with Crippen molar-refractivity contribution in [3.05, 3.63) is 28.2 Å². The van der Waals surface area contributed by atoms with Crippen molar-refractivity contribution in [1.29, 1.82) is 0 Å². The van der Waals surface area contributed by atoms with Crippen LogP contribution in [0.1, 0.15) is 24.5 Å². The average Bonchev–Trinajstić information content (AvgIpc) is 2.94. The minimum atomic E-state index is -0.883. The molecule has 0 radical (unpaired) electrons. The lowest BCUT2D eigenvalue weighted by Crippen LogP contribution is -2.22. The Labute approximate surface area is 118 Å². The van der Waals surface area contributed by atoms with Crippen LogP contribution in [0.5, 0.6) is 0 Å². The van der Waals surface area contributed by atoms with Crippen LogP contribution < -0.4 is 0 Å². The number of aliphatic carboxylic acids is 1. The minimum absolute atomic E-state index is 0.217. The molecule has 1 aliphatic rings. The molecule has 0 saturated carbocycles. The van der Waals surface area contributed by atoms with Gasteiger partial charge in [0, 0.05) is 6.54 Å². The van der Waals surface area contributed by atoms with Gasteiger partial charge in [0.1, 0.15) is 5.92 Å². The van der Waals surface area contributed by atoms with Crippen molar-refractivity contribution < 1.29 is 14.3 Å². The monoisotopic (exact) mass is 300 g/mol. The van der Waals surface area contributed by atoms with Crippen molar-refractivity contribution in [2.45, 2.75) is 25.3 Å². The zero-order chi connectivity index (χ0) is 13.6. The zero-order valence-corrected chi connectivity index (χ0v) is 11.3. The molecule has 1 atom stereocenters. The second-order valence-corrected chi connectivity index (χ2v) is 5.13. The number of hydrogen-bond donors (Lipinski definition) is 1. The Bertz CT molecular complexity index is 647. The van der Waals surface area contributed by atoms with Gasteiger partial charge in [-0.2, -0.15) is 0 Å². The van der Waals surface area contributed by atoms with Gasteiger partial charge in [-0.25, -0.2) is 4.98 Å². The molecule has 1 unspecified atom stereocenters. The largest absolute Gasteiger partial charge is 0.481 e. The molecule has 5 nitrogen and oxygen atoms in total. The molecule has 100 valence electrons. The van der Waals surface area contributed by atoms with Crippen molar-refractivity contribution >= 4 is 29.2 Å². The highest BCUT2D eigenvalue weighted by Crippen LogP contribution is 2.37. The van der Waals surface area contributed by atoms with Gasteiger partial charge in [0.15, 0.2) is 22.0 Å². The molecule has 0 amide bonds. The lowest BCUT2D eigenvalue weighted by molar-refractivity contribution is -0.139. The number of carbonyl (C=O) groups is 1. The van der Waals surface area contributed by atoms with Crippen LogP contribution >= 0.6 is 23.2 Å². The smallest absolute Gasteiger partial charge is 0.312 e. The summed E-state index contributed by atoms with van der Waals surface area (Å²) in [6, 6.07) is 3.31. The molecule has 1 N–H and O–H groups in total. The average molecular weight is 301 g/mol. The van der Waals surface area contributed by atoms with Gasteiger partial charge in [0.2, 0.25) is 0 Å². The summed E-state index contributed by atoms with van der Waals surface area (Å²) in [6.45, 7) is 0.673. The molecule has 19 heavy (non-hydrogen) atoms. The number of imidazole rings is 1. The van der Waals surface area contributed by atoms with E-state index in [-0.39, 0.29) is 10.4 Å². The van der Waals surface area contributed by atoms with Crippen molar-refractivity contribution in [2.24, 2.45) is 0 Å². The van der Waals surface area contributed by atoms with Crippen molar-refractivity contribution in [2.75, 3.05) is 0 Å². The summed E-state index contributed by atoms with van der Waals surface area (Å²) >= 11 is 11.8. The normalized spacial score (nSPS) is 18.3. The second kappa shape index (κ2) is 4.58. The lowest BCUT2D eigenvalue weighted by atomic mass is 9.96. The molecule has 2 aromatic rings. The maximum Gasteiger partial charge on any atom is 0.312 e. The Morgan fingerprint density at radius 1 is 1.47 bits per heavy atom. The highest BCUT2D eigenvalue weighted by Gasteiger charge is 2.32. The predicted molar refractivity (Wildman–Crippen MR) is 69.6 cm³/mol. The summed E-state index contributed by atoms with van der Waals surface area (Å²) < 4.78 is 7.13. The summed E-state index contributed by atoms with van der Waals surface area (Å²) in [6.07, 6.45) is 1.33. The van der Waals surface area contributed by atoms with E-state index in [1.807, 2.05) is 0 Å². The fourth-order valence-corrected chi connectivity index (χ4v) is 2.91. The third kappa shape index (κ3) is 2.03. The van der Waals surface area contributed by atoms with Gasteiger partial charge in [-0.15, -0.1) is 0 Å². The van der Waals surface area contributed by atoms with E-state index in [1.54, 1.807) is 16.7 Å². The highest BCUT2D eigenvalue weighted by molar-refractivity contribution is 6.30. The van der Waals surface area contributed by atoms with E-state index in [0.717, 1.165) is 6.42 Å².